The molecule has 2 unspecified atom stereocenters. The Morgan fingerprint density at radius 1 is 1.41 bits per heavy atom. The van der Waals surface area contributed by atoms with Gasteiger partial charge in [0.1, 0.15) is 5.60 Å². The molecular weight excluding hydrogens is 226 g/mol. The summed E-state index contributed by atoms with van der Waals surface area (Å²) in [5, 5.41) is 21.1. The van der Waals surface area contributed by atoms with Crippen LogP contribution in [0.5, 0.6) is 0 Å². The molecule has 0 saturated heterocycles. The lowest BCUT2D eigenvalue weighted by molar-refractivity contribution is -0.157. The highest BCUT2D eigenvalue weighted by Gasteiger charge is 2.44. The number of amides is 1. The second-order valence-electron chi connectivity index (χ2n) is 5.42. The molecule has 0 aromatic rings. The van der Waals surface area contributed by atoms with Crippen LogP contribution in [-0.4, -0.2) is 39.5 Å². The van der Waals surface area contributed by atoms with E-state index in [4.69, 9.17) is 9.84 Å². The van der Waals surface area contributed by atoms with E-state index < -0.39 is 23.3 Å². The van der Waals surface area contributed by atoms with Gasteiger partial charge in [-0.05, 0) is 33.6 Å². The van der Waals surface area contributed by atoms with Crippen LogP contribution in [0.1, 0.15) is 40.0 Å². The lowest BCUT2D eigenvalue weighted by atomic mass is 10.0. The first-order chi connectivity index (χ1) is 7.62. The summed E-state index contributed by atoms with van der Waals surface area (Å²) in [6.45, 7) is 5.23. The van der Waals surface area contributed by atoms with Gasteiger partial charge >= 0.3 is 12.1 Å². The Bertz CT molecular complexity index is 322. The van der Waals surface area contributed by atoms with Crippen LogP contribution in [0.15, 0.2) is 0 Å². The molecule has 0 radical (unpaired) electrons. The van der Waals surface area contributed by atoms with Crippen molar-refractivity contribution in [3.05, 3.63) is 0 Å². The number of carbonyl (C=O) groups excluding carboxylic acids is 1. The molecule has 6 nitrogen and oxygen atoms in total. The Morgan fingerprint density at radius 3 is 2.41 bits per heavy atom. The van der Waals surface area contributed by atoms with Crippen molar-refractivity contribution in [3.8, 4) is 0 Å². The maximum Gasteiger partial charge on any atom is 0.407 e. The van der Waals surface area contributed by atoms with E-state index in [1.807, 2.05) is 0 Å². The molecule has 0 heterocycles. The highest BCUT2D eigenvalue weighted by Crippen LogP contribution is 2.30. The minimum Gasteiger partial charge on any atom is -0.479 e. The van der Waals surface area contributed by atoms with E-state index >= 15 is 0 Å². The zero-order valence-corrected chi connectivity index (χ0v) is 10.3. The number of nitrogens with one attached hydrogen (secondary N) is 1. The third kappa shape index (κ3) is 3.89. The van der Waals surface area contributed by atoms with Crippen LogP contribution in [0, 0.1) is 0 Å². The van der Waals surface area contributed by atoms with Gasteiger partial charge in [-0.3, -0.25) is 0 Å². The summed E-state index contributed by atoms with van der Waals surface area (Å²) in [7, 11) is 0. The Hall–Kier alpha value is -1.30. The highest BCUT2D eigenvalue weighted by molar-refractivity contribution is 5.78. The van der Waals surface area contributed by atoms with Crippen molar-refractivity contribution in [1.29, 1.82) is 0 Å². The summed E-state index contributed by atoms with van der Waals surface area (Å²) in [5.74, 6) is -1.24. The van der Waals surface area contributed by atoms with Gasteiger partial charge in [0, 0.05) is 12.5 Å². The molecule has 17 heavy (non-hydrogen) atoms. The standard InChI is InChI=1S/C11H19NO5/c1-10(2,3)17-9(15)12-7-4-5-11(16,6-7)8(13)14/h7,16H,4-6H2,1-3H3,(H,12,15)(H,13,14). The number of carbonyl (C=O) groups is 2. The number of ether oxygens (including phenoxy) is 1. The van der Waals surface area contributed by atoms with E-state index in [-0.39, 0.29) is 18.9 Å². The maximum atomic E-state index is 11.4. The summed E-state index contributed by atoms with van der Waals surface area (Å²) >= 11 is 0. The first kappa shape index (κ1) is 13.8. The topological polar surface area (TPSA) is 95.9 Å². The minimum absolute atomic E-state index is 0.0155. The quantitative estimate of drug-likeness (QED) is 0.671. The summed E-state index contributed by atoms with van der Waals surface area (Å²) < 4.78 is 5.05. The zero-order valence-electron chi connectivity index (χ0n) is 10.3. The van der Waals surface area contributed by atoms with Crippen LogP contribution < -0.4 is 5.32 Å². The van der Waals surface area contributed by atoms with Crippen molar-refractivity contribution in [2.75, 3.05) is 0 Å². The maximum absolute atomic E-state index is 11.4. The minimum atomic E-state index is -1.72. The molecule has 1 rings (SSSR count). The second kappa shape index (κ2) is 4.52. The molecule has 6 heteroatoms. The number of aliphatic hydroxyl groups is 1. The Balaban J connectivity index is 2.46. The van der Waals surface area contributed by atoms with Crippen molar-refractivity contribution in [3.63, 3.8) is 0 Å². The van der Waals surface area contributed by atoms with Gasteiger partial charge in [-0.15, -0.1) is 0 Å². The van der Waals surface area contributed by atoms with Crippen LogP contribution in [0.3, 0.4) is 0 Å². The molecule has 1 fully saturated rings. The fraction of sp³-hybridized carbons (Fsp3) is 0.818. The molecule has 1 aliphatic rings. The van der Waals surface area contributed by atoms with Crippen LogP contribution >= 0.6 is 0 Å². The monoisotopic (exact) mass is 245 g/mol. The predicted molar refractivity (Wildman–Crippen MR) is 59.6 cm³/mol. The second-order valence-corrected chi connectivity index (χ2v) is 5.42. The lowest BCUT2D eigenvalue weighted by Crippen LogP contribution is -2.41. The molecule has 0 aromatic carbocycles. The smallest absolute Gasteiger partial charge is 0.407 e. The number of rotatable bonds is 2. The molecule has 1 amide bonds. The number of hydrogen-bond acceptors (Lipinski definition) is 4. The molecular formula is C11H19NO5. The van der Waals surface area contributed by atoms with Gasteiger partial charge < -0.3 is 20.3 Å². The molecule has 3 N–H and O–H groups in total. The average molecular weight is 245 g/mol. The van der Waals surface area contributed by atoms with E-state index in [0.29, 0.717) is 6.42 Å². The van der Waals surface area contributed by atoms with Gasteiger partial charge in [0.05, 0.1) is 0 Å². The van der Waals surface area contributed by atoms with Crippen LogP contribution in [0.25, 0.3) is 0 Å². The molecule has 0 spiro atoms. The van der Waals surface area contributed by atoms with Crippen molar-refractivity contribution >= 4 is 12.1 Å². The van der Waals surface area contributed by atoms with Gasteiger partial charge in [-0.1, -0.05) is 0 Å². The normalized spacial score (nSPS) is 28.8. The zero-order chi connectivity index (χ0) is 13.3. The summed E-state index contributed by atoms with van der Waals surface area (Å²) in [5.41, 5.74) is -2.31. The number of carboxylic acids is 1. The van der Waals surface area contributed by atoms with E-state index in [1.54, 1.807) is 20.8 Å². The van der Waals surface area contributed by atoms with E-state index in [2.05, 4.69) is 5.32 Å². The number of alkyl carbamates (subject to hydrolysis) is 1. The third-order valence-corrected chi connectivity index (χ3v) is 2.61. The number of aliphatic carboxylic acids is 1. The van der Waals surface area contributed by atoms with Crippen molar-refractivity contribution < 1.29 is 24.5 Å². The molecule has 1 saturated carbocycles. The Labute approximate surface area is 100.0 Å². The Kier molecular flexibility index (Phi) is 3.66. The van der Waals surface area contributed by atoms with Gasteiger partial charge in [-0.25, -0.2) is 9.59 Å². The van der Waals surface area contributed by atoms with Crippen molar-refractivity contribution in [2.45, 2.75) is 57.3 Å². The fourth-order valence-corrected chi connectivity index (χ4v) is 1.82. The van der Waals surface area contributed by atoms with Gasteiger partial charge in [0.2, 0.25) is 0 Å². The molecule has 1 aliphatic carbocycles. The Morgan fingerprint density at radius 2 is 2.00 bits per heavy atom. The summed E-state index contributed by atoms with van der Waals surface area (Å²) in [6.07, 6.45) is 0.00372. The number of carboxylic acid groups (broad SMARTS) is 1. The first-order valence-corrected chi connectivity index (χ1v) is 5.58. The molecule has 0 aliphatic heterocycles. The van der Waals surface area contributed by atoms with Crippen molar-refractivity contribution in [1.82, 2.24) is 5.32 Å². The molecule has 0 bridgehead atoms. The SMILES string of the molecule is CC(C)(C)OC(=O)NC1CCC(O)(C(=O)O)C1. The predicted octanol–water partition coefficient (Wildman–Crippen LogP) is 0.879. The van der Waals surface area contributed by atoms with Crippen LogP contribution in [0.4, 0.5) is 4.79 Å². The fourth-order valence-electron chi connectivity index (χ4n) is 1.82. The average Bonchev–Trinajstić information content (AvgIpc) is 2.45. The molecule has 0 aromatic heterocycles. The van der Waals surface area contributed by atoms with Crippen LogP contribution in [0.2, 0.25) is 0 Å². The highest BCUT2D eigenvalue weighted by atomic mass is 16.6. The largest absolute Gasteiger partial charge is 0.479 e. The molecule has 98 valence electrons. The third-order valence-electron chi connectivity index (χ3n) is 2.61. The van der Waals surface area contributed by atoms with Gasteiger partial charge in [0.25, 0.3) is 0 Å². The van der Waals surface area contributed by atoms with E-state index in [0.717, 1.165) is 0 Å². The number of hydrogen-bond donors (Lipinski definition) is 3. The van der Waals surface area contributed by atoms with Gasteiger partial charge in [-0.2, -0.15) is 0 Å². The summed E-state index contributed by atoms with van der Waals surface area (Å²) in [4.78, 5) is 22.2. The summed E-state index contributed by atoms with van der Waals surface area (Å²) in [6, 6.07) is -0.356. The van der Waals surface area contributed by atoms with Gasteiger partial charge in [0.15, 0.2) is 5.60 Å². The van der Waals surface area contributed by atoms with E-state index in [9.17, 15) is 14.7 Å². The lowest BCUT2D eigenvalue weighted by Gasteiger charge is -2.22. The van der Waals surface area contributed by atoms with Crippen molar-refractivity contribution in [2.24, 2.45) is 0 Å². The van der Waals surface area contributed by atoms with Crippen LogP contribution in [-0.2, 0) is 9.53 Å². The molecule has 2 atom stereocenters. The van der Waals surface area contributed by atoms with E-state index in [1.165, 1.54) is 0 Å². The first-order valence-electron chi connectivity index (χ1n) is 5.58.